The molecule has 1 unspecified atom stereocenters. The van der Waals surface area contributed by atoms with Gasteiger partial charge in [0.05, 0.1) is 12.7 Å². The Kier molecular flexibility index (Phi) is 6.78. The second-order valence-electron chi connectivity index (χ2n) is 4.63. The molecule has 0 aromatic carbocycles. The summed E-state index contributed by atoms with van der Waals surface area (Å²) in [6.45, 7) is 6.30. The molecule has 0 aromatic heterocycles. The van der Waals surface area contributed by atoms with Crippen LogP contribution in [0.25, 0.3) is 0 Å². The Bertz CT molecular complexity index is 153. The summed E-state index contributed by atoms with van der Waals surface area (Å²) < 4.78 is 4.87. The van der Waals surface area contributed by atoms with Gasteiger partial charge in [-0.05, 0) is 18.2 Å². The van der Waals surface area contributed by atoms with Gasteiger partial charge < -0.3 is 14.7 Å². The maximum Gasteiger partial charge on any atom is 0.0899 e. The van der Waals surface area contributed by atoms with Gasteiger partial charge in [0.15, 0.2) is 0 Å². The first-order chi connectivity index (χ1) is 6.41. The van der Waals surface area contributed by atoms with E-state index in [-0.39, 0.29) is 5.41 Å². The number of likely N-dealkylation sites (N-methyl/N-ethyl adjacent to an activating group) is 1. The average molecular weight is 221 g/mol. The number of methoxy groups -OCH3 is 1. The third kappa shape index (κ3) is 6.65. The maximum atomic E-state index is 9.50. The van der Waals surface area contributed by atoms with Crippen molar-refractivity contribution in [3.63, 3.8) is 0 Å². The minimum absolute atomic E-state index is 0.185. The summed E-state index contributed by atoms with van der Waals surface area (Å²) in [4.78, 5) is 2.11. The van der Waals surface area contributed by atoms with Crippen LogP contribution in [0, 0.1) is 5.41 Å². The van der Waals surface area contributed by atoms with Crippen LogP contribution < -0.4 is 0 Å². The normalized spacial score (nSPS) is 14.8. The van der Waals surface area contributed by atoms with E-state index in [1.165, 1.54) is 0 Å². The van der Waals surface area contributed by atoms with Gasteiger partial charge in [-0.15, -0.1) is 0 Å². The molecule has 0 spiro atoms. The summed E-state index contributed by atoms with van der Waals surface area (Å²) in [5.41, 5.74) is 0.185. The lowest BCUT2D eigenvalue weighted by Crippen LogP contribution is -2.38. The first kappa shape index (κ1) is 14.2. The standard InChI is InChI=1S/C10H23NO2S/c1-10(2,8-14)7-11(3)5-9(12)6-13-4/h9,12,14H,5-8H2,1-4H3. The smallest absolute Gasteiger partial charge is 0.0899 e. The summed E-state index contributed by atoms with van der Waals surface area (Å²) in [5, 5.41) is 9.50. The molecule has 0 aliphatic carbocycles. The molecular weight excluding hydrogens is 198 g/mol. The molecule has 0 heterocycles. The van der Waals surface area contributed by atoms with Crippen molar-refractivity contribution >= 4 is 12.6 Å². The van der Waals surface area contributed by atoms with Crippen molar-refractivity contribution in [3.8, 4) is 0 Å². The maximum absolute atomic E-state index is 9.50. The molecule has 0 aliphatic heterocycles. The van der Waals surface area contributed by atoms with Crippen molar-refractivity contribution in [1.82, 2.24) is 4.90 Å². The Morgan fingerprint density at radius 3 is 2.50 bits per heavy atom. The average Bonchev–Trinajstić information content (AvgIpc) is 2.03. The summed E-state index contributed by atoms with van der Waals surface area (Å²) in [7, 11) is 3.60. The molecule has 0 amide bonds. The van der Waals surface area contributed by atoms with Gasteiger partial charge in [-0.3, -0.25) is 0 Å². The Hall–Kier alpha value is 0.230. The van der Waals surface area contributed by atoms with Gasteiger partial charge in [-0.1, -0.05) is 13.8 Å². The zero-order chi connectivity index (χ0) is 11.2. The molecule has 0 saturated carbocycles. The Labute approximate surface area is 92.8 Å². The van der Waals surface area contributed by atoms with Crippen molar-refractivity contribution < 1.29 is 9.84 Å². The quantitative estimate of drug-likeness (QED) is 0.626. The molecule has 14 heavy (non-hydrogen) atoms. The molecule has 0 aliphatic rings. The van der Waals surface area contributed by atoms with E-state index in [2.05, 4.69) is 31.4 Å². The third-order valence-corrected chi connectivity index (χ3v) is 2.86. The van der Waals surface area contributed by atoms with E-state index in [4.69, 9.17) is 4.74 Å². The highest BCUT2D eigenvalue weighted by molar-refractivity contribution is 7.80. The van der Waals surface area contributed by atoms with Gasteiger partial charge in [-0.25, -0.2) is 0 Å². The fourth-order valence-corrected chi connectivity index (χ4v) is 1.55. The van der Waals surface area contributed by atoms with Crippen molar-refractivity contribution in [2.24, 2.45) is 5.41 Å². The minimum Gasteiger partial charge on any atom is -0.389 e. The number of ether oxygens (including phenoxy) is 1. The molecule has 0 fully saturated rings. The highest BCUT2D eigenvalue weighted by Gasteiger charge is 2.19. The Morgan fingerprint density at radius 2 is 2.07 bits per heavy atom. The van der Waals surface area contributed by atoms with E-state index >= 15 is 0 Å². The summed E-state index contributed by atoms with van der Waals surface area (Å²) >= 11 is 4.29. The van der Waals surface area contributed by atoms with Crippen LogP contribution in [0.5, 0.6) is 0 Å². The predicted octanol–water partition coefficient (Wildman–Crippen LogP) is 0.882. The second-order valence-corrected chi connectivity index (χ2v) is 4.94. The largest absolute Gasteiger partial charge is 0.389 e. The highest BCUT2D eigenvalue weighted by atomic mass is 32.1. The molecule has 0 aromatic rings. The van der Waals surface area contributed by atoms with Crippen LogP contribution in [0.15, 0.2) is 0 Å². The van der Waals surface area contributed by atoms with Crippen LogP contribution in [0.1, 0.15) is 13.8 Å². The van der Waals surface area contributed by atoms with Crippen LogP contribution in [0.4, 0.5) is 0 Å². The molecule has 0 rings (SSSR count). The van der Waals surface area contributed by atoms with Crippen molar-refractivity contribution in [2.75, 3.05) is 39.6 Å². The fraction of sp³-hybridized carbons (Fsp3) is 1.00. The second kappa shape index (κ2) is 6.67. The van der Waals surface area contributed by atoms with Gasteiger partial charge in [0.25, 0.3) is 0 Å². The molecule has 0 bridgehead atoms. The third-order valence-electron chi connectivity index (χ3n) is 2.01. The van der Waals surface area contributed by atoms with Crippen LogP contribution >= 0.6 is 12.6 Å². The van der Waals surface area contributed by atoms with E-state index in [1.807, 2.05) is 7.05 Å². The molecule has 3 nitrogen and oxygen atoms in total. The molecule has 4 heteroatoms. The number of aliphatic hydroxyl groups excluding tert-OH is 1. The van der Waals surface area contributed by atoms with Gasteiger partial charge in [0.1, 0.15) is 0 Å². The van der Waals surface area contributed by atoms with Crippen molar-refractivity contribution in [2.45, 2.75) is 20.0 Å². The fourth-order valence-electron chi connectivity index (χ4n) is 1.45. The summed E-state index contributed by atoms with van der Waals surface area (Å²) in [6, 6.07) is 0. The topological polar surface area (TPSA) is 32.7 Å². The number of hydrogen-bond donors (Lipinski definition) is 2. The highest BCUT2D eigenvalue weighted by Crippen LogP contribution is 2.17. The number of aliphatic hydroxyl groups is 1. The Balaban J connectivity index is 3.79. The van der Waals surface area contributed by atoms with Crippen molar-refractivity contribution in [3.05, 3.63) is 0 Å². The molecular formula is C10H23NO2S. The SMILES string of the molecule is COCC(O)CN(C)CC(C)(C)CS. The zero-order valence-electron chi connectivity index (χ0n) is 9.66. The van der Waals surface area contributed by atoms with Crippen LogP contribution in [0.2, 0.25) is 0 Å². The first-order valence-corrected chi connectivity index (χ1v) is 5.51. The summed E-state index contributed by atoms with van der Waals surface area (Å²) in [6.07, 6.45) is -0.402. The lowest BCUT2D eigenvalue weighted by molar-refractivity contribution is 0.0375. The molecule has 86 valence electrons. The van der Waals surface area contributed by atoms with Gasteiger partial charge in [-0.2, -0.15) is 12.6 Å². The van der Waals surface area contributed by atoms with E-state index in [0.717, 1.165) is 12.3 Å². The van der Waals surface area contributed by atoms with Gasteiger partial charge in [0, 0.05) is 20.2 Å². The van der Waals surface area contributed by atoms with E-state index < -0.39 is 6.10 Å². The predicted molar refractivity (Wildman–Crippen MR) is 63.0 cm³/mol. The summed E-state index contributed by atoms with van der Waals surface area (Å²) in [5.74, 6) is 0.845. The lowest BCUT2D eigenvalue weighted by atomic mass is 9.96. The number of rotatable bonds is 7. The Morgan fingerprint density at radius 1 is 1.50 bits per heavy atom. The van der Waals surface area contributed by atoms with Gasteiger partial charge >= 0.3 is 0 Å². The van der Waals surface area contributed by atoms with E-state index in [9.17, 15) is 5.11 Å². The molecule has 1 N–H and O–H groups in total. The van der Waals surface area contributed by atoms with E-state index in [0.29, 0.717) is 13.2 Å². The van der Waals surface area contributed by atoms with Crippen LogP contribution in [0.3, 0.4) is 0 Å². The first-order valence-electron chi connectivity index (χ1n) is 4.87. The molecule has 0 saturated heterocycles. The van der Waals surface area contributed by atoms with Crippen molar-refractivity contribution in [1.29, 1.82) is 0 Å². The number of thiol groups is 1. The van der Waals surface area contributed by atoms with Crippen LogP contribution in [-0.2, 0) is 4.74 Å². The number of nitrogens with zero attached hydrogens (tertiary/aromatic N) is 1. The van der Waals surface area contributed by atoms with Crippen LogP contribution in [-0.4, -0.2) is 55.7 Å². The van der Waals surface area contributed by atoms with Gasteiger partial charge in [0.2, 0.25) is 0 Å². The number of hydrogen-bond acceptors (Lipinski definition) is 4. The van der Waals surface area contributed by atoms with E-state index in [1.54, 1.807) is 7.11 Å². The minimum atomic E-state index is -0.402. The molecule has 1 atom stereocenters. The monoisotopic (exact) mass is 221 g/mol. The zero-order valence-corrected chi connectivity index (χ0v) is 10.6. The lowest BCUT2D eigenvalue weighted by Gasteiger charge is -2.29. The molecule has 0 radical (unpaired) electrons.